The normalized spacial score (nSPS) is 12.1. The van der Waals surface area contributed by atoms with E-state index >= 15 is 0 Å². The molecule has 0 heterocycles. The zero-order valence-electron chi connectivity index (χ0n) is 12.8. The van der Waals surface area contributed by atoms with E-state index in [0.717, 1.165) is 5.75 Å². The van der Waals surface area contributed by atoms with Gasteiger partial charge >= 0.3 is 6.18 Å². The molecule has 0 bridgehead atoms. The van der Waals surface area contributed by atoms with Crippen molar-refractivity contribution in [1.82, 2.24) is 10.6 Å². The Hall–Kier alpha value is -1.92. The molecule has 1 rings (SSSR count). The molecule has 0 aromatic heterocycles. The summed E-state index contributed by atoms with van der Waals surface area (Å²) in [6, 6.07) is 7.75. The Kier molecular flexibility index (Phi) is 7.56. The maximum Gasteiger partial charge on any atom is 0.390 e. The van der Waals surface area contributed by atoms with Gasteiger partial charge in [0, 0.05) is 20.1 Å². The van der Waals surface area contributed by atoms with Crippen molar-refractivity contribution in [3.63, 3.8) is 0 Å². The van der Waals surface area contributed by atoms with E-state index in [1.165, 1.54) is 12.6 Å². The Morgan fingerprint density at radius 1 is 1.14 bits per heavy atom. The van der Waals surface area contributed by atoms with Crippen LogP contribution in [0.25, 0.3) is 0 Å². The third-order valence-electron chi connectivity index (χ3n) is 2.83. The summed E-state index contributed by atoms with van der Waals surface area (Å²) in [4.78, 5) is 3.86. The van der Waals surface area contributed by atoms with Crippen LogP contribution in [0.5, 0.6) is 5.75 Å². The van der Waals surface area contributed by atoms with Crippen molar-refractivity contribution in [2.45, 2.75) is 25.9 Å². The summed E-state index contributed by atoms with van der Waals surface area (Å²) in [5, 5.41) is 5.56. The summed E-state index contributed by atoms with van der Waals surface area (Å²) in [7, 11) is 1.52. The highest BCUT2D eigenvalue weighted by atomic mass is 19.4. The van der Waals surface area contributed by atoms with Crippen molar-refractivity contribution in [3.05, 3.63) is 29.8 Å². The van der Waals surface area contributed by atoms with Crippen LogP contribution in [0.4, 0.5) is 13.2 Å². The highest BCUT2D eigenvalue weighted by molar-refractivity contribution is 5.79. The van der Waals surface area contributed by atoms with Crippen LogP contribution in [0.2, 0.25) is 0 Å². The maximum absolute atomic E-state index is 12.0. The summed E-state index contributed by atoms with van der Waals surface area (Å²) in [5.74, 6) is 1.16. The van der Waals surface area contributed by atoms with Crippen LogP contribution in [0, 0.1) is 6.92 Å². The smallest absolute Gasteiger partial charge is 0.390 e. The van der Waals surface area contributed by atoms with Gasteiger partial charge in [0.1, 0.15) is 5.75 Å². The first-order chi connectivity index (χ1) is 10.4. The predicted octanol–water partition coefficient (Wildman–Crippen LogP) is 2.88. The number of ether oxygens (including phenoxy) is 1. The van der Waals surface area contributed by atoms with Gasteiger partial charge in [0.25, 0.3) is 0 Å². The predicted molar refractivity (Wildman–Crippen MR) is 81.3 cm³/mol. The first-order valence-electron chi connectivity index (χ1n) is 7.11. The Morgan fingerprint density at radius 2 is 1.77 bits per heavy atom. The average molecular weight is 317 g/mol. The molecular weight excluding hydrogens is 295 g/mol. The lowest BCUT2D eigenvalue weighted by Gasteiger charge is -2.13. The van der Waals surface area contributed by atoms with Crippen molar-refractivity contribution in [1.29, 1.82) is 0 Å². The van der Waals surface area contributed by atoms with E-state index in [1.54, 1.807) is 0 Å². The van der Waals surface area contributed by atoms with E-state index in [2.05, 4.69) is 15.6 Å². The van der Waals surface area contributed by atoms with Crippen LogP contribution in [-0.4, -0.2) is 38.9 Å². The van der Waals surface area contributed by atoms with Gasteiger partial charge in [0.05, 0.1) is 13.0 Å². The van der Waals surface area contributed by atoms with Crippen LogP contribution in [-0.2, 0) is 0 Å². The topological polar surface area (TPSA) is 45.7 Å². The molecule has 124 valence electrons. The van der Waals surface area contributed by atoms with Gasteiger partial charge in [-0.1, -0.05) is 17.7 Å². The molecule has 7 heteroatoms. The van der Waals surface area contributed by atoms with Gasteiger partial charge in [0.2, 0.25) is 0 Å². The first kappa shape index (κ1) is 18.1. The summed E-state index contributed by atoms with van der Waals surface area (Å²) in [6.45, 7) is 2.90. The number of aliphatic imine (C=N–C) groups is 1. The maximum atomic E-state index is 12.0. The van der Waals surface area contributed by atoms with Gasteiger partial charge in [0.15, 0.2) is 5.96 Å². The number of aryl methyl sites for hydroxylation is 1. The number of hydrogen-bond acceptors (Lipinski definition) is 2. The third-order valence-corrected chi connectivity index (χ3v) is 2.83. The monoisotopic (exact) mass is 317 g/mol. The fraction of sp³-hybridized carbons (Fsp3) is 0.533. The minimum absolute atomic E-state index is 0.191. The summed E-state index contributed by atoms with van der Waals surface area (Å²) < 4.78 is 41.6. The van der Waals surface area contributed by atoms with Crippen LogP contribution in [0.15, 0.2) is 29.3 Å². The fourth-order valence-electron chi connectivity index (χ4n) is 1.65. The molecule has 0 spiro atoms. The minimum Gasteiger partial charge on any atom is -0.494 e. The van der Waals surface area contributed by atoms with Gasteiger partial charge in [-0.2, -0.15) is 13.2 Å². The molecule has 0 radical (unpaired) electrons. The van der Waals surface area contributed by atoms with E-state index in [-0.39, 0.29) is 6.54 Å². The Morgan fingerprint density at radius 3 is 2.36 bits per heavy atom. The summed E-state index contributed by atoms with van der Waals surface area (Å²) in [5.41, 5.74) is 1.17. The van der Waals surface area contributed by atoms with E-state index in [4.69, 9.17) is 4.74 Å². The quantitative estimate of drug-likeness (QED) is 0.462. The number of hydrogen-bond donors (Lipinski definition) is 2. The SMILES string of the molecule is CN=C(NCCCOc1ccc(C)cc1)NCCC(F)(F)F. The van der Waals surface area contributed by atoms with E-state index in [1.807, 2.05) is 31.2 Å². The zero-order valence-corrected chi connectivity index (χ0v) is 12.8. The number of nitrogens with zero attached hydrogens (tertiary/aromatic N) is 1. The zero-order chi connectivity index (χ0) is 16.4. The molecule has 0 aliphatic carbocycles. The molecule has 2 N–H and O–H groups in total. The van der Waals surface area contributed by atoms with Crippen LogP contribution >= 0.6 is 0 Å². The fourth-order valence-corrected chi connectivity index (χ4v) is 1.65. The van der Waals surface area contributed by atoms with Crippen molar-refractivity contribution in [2.24, 2.45) is 4.99 Å². The molecule has 0 amide bonds. The first-order valence-corrected chi connectivity index (χ1v) is 7.11. The third kappa shape index (κ3) is 8.39. The Balaban J connectivity index is 2.13. The molecule has 0 saturated carbocycles. The van der Waals surface area contributed by atoms with Gasteiger partial charge in [-0.15, -0.1) is 0 Å². The molecule has 0 aliphatic heterocycles. The molecule has 4 nitrogen and oxygen atoms in total. The van der Waals surface area contributed by atoms with Crippen molar-refractivity contribution >= 4 is 5.96 Å². The summed E-state index contributed by atoms with van der Waals surface area (Å²) >= 11 is 0. The number of halogens is 3. The number of rotatable bonds is 7. The number of benzene rings is 1. The van der Waals surface area contributed by atoms with Gasteiger partial charge in [-0.05, 0) is 25.5 Å². The van der Waals surface area contributed by atoms with Gasteiger partial charge in [-0.3, -0.25) is 4.99 Å². The minimum atomic E-state index is -4.16. The molecule has 1 aromatic carbocycles. The lowest BCUT2D eigenvalue weighted by Crippen LogP contribution is -2.39. The van der Waals surface area contributed by atoms with Gasteiger partial charge in [-0.25, -0.2) is 0 Å². The molecule has 1 aromatic rings. The lowest BCUT2D eigenvalue weighted by molar-refractivity contribution is -0.132. The standard InChI is InChI=1S/C15H22F3N3O/c1-12-4-6-13(7-5-12)22-11-3-9-20-14(19-2)21-10-8-15(16,17)18/h4-7H,3,8-11H2,1-2H3,(H2,19,20,21). The average Bonchev–Trinajstić information content (AvgIpc) is 2.45. The molecule has 0 aliphatic rings. The number of guanidine groups is 1. The highest BCUT2D eigenvalue weighted by Crippen LogP contribution is 2.18. The van der Waals surface area contributed by atoms with Crippen molar-refractivity contribution < 1.29 is 17.9 Å². The molecule has 0 atom stereocenters. The van der Waals surface area contributed by atoms with Crippen LogP contribution in [0.1, 0.15) is 18.4 Å². The second-order valence-electron chi connectivity index (χ2n) is 4.81. The molecular formula is C15H22F3N3O. The van der Waals surface area contributed by atoms with Gasteiger partial charge < -0.3 is 15.4 Å². The summed E-state index contributed by atoms with van der Waals surface area (Å²) in [6.07, 6.45) is -4.33. The highest BCUT2D eigenvalue weighted by Gasteiger charge is 2.26. The van der Waals surface area contributed by atoms with E-state index in [0.29, 0.717) is 25.5 Å². The van der Waals surface area contributed by atoms with Crippen molar-refractivity contribution in [3.8, 4) is 5.75 Å². The number of alkyl halides is 3. The van der Waals surface area contributed by atoms with E-state index < -0.39 is 12.6 Å². The second-order valence-corrected chi connectivity index (χ2v) is 4.81. The molecule has 0 saturated heterocycles. The molecule has 0 fully saturated rings. The van der Waals surface area contributed by atoms with Crippen molar-refractivity contribution in [2.75, 3.05) is 26.7 Å². The molecule has 22 heavy (non-hydrogen) atoms. The Labute approximate surface area is 128 Å². The lowest BCUT2D eigenvalue weighted by atomic mass is 10.2. The Bertz CT molecular complexity index is 458. The number of nitrogens with one attached hydrogen (secondary N) is 2. The molecule has 0 unspecified atom stereocenters. The largest absolute Gasteiger partial charge is 0.494 e. The second kappa shape index (κ2) is 9.17. The van der Waals surface area contributed by atoms with Crippen LogP contribution in [0.3, 0.4) is 0 Å². The van der Waals surface area contributed by atoms with E-state index in [9.17, 15) is 13.2 Å². The van der Waals surface area contributed by atoms with Crippen LogP contribution < -0.4 is 15.4 Å².